The van der Waals surface area contributed by atoms with Gasteiger partial charge in [-0.1, -0.05) is 17.8 Å². The minimum absolute atomic E-state index is 0.00143. The van der Waals surface area contributed by atoms with Crippen LogP contribution < -0.4 is 5.32 Å². The molecule has 1 fully saturated rings. The largest absolute Gasteiger partial charge is 0.467 e. The van der Waals surface area contributed by atoms with E-state index in [4.69, 9.17) is 9.41 Å². The number of carbonyl (C=O) groups excluding carboxylic acids is 3. The second-order valence-corrected chi connectivity index (χ2v) is 9.33. The fourth-order valence-electron chi connectivity index (χ4n) is 3.50. The fraction of sp³-hybridized carbons (Fsp3) is 0.231. The van der Waals surface area contributed by atoms with Crippen molar-refractivity contribution in [3.05, 3.63) is 83.3 Å². The van der Waals surface area contributed by atoms with E-state index in [1.54, 1.807) is 47.6 Å². The normalized spacial score (nSPS) is 16.8. The third-order valence-corrected chi connectivity index (χ3v) is 6.75. The van der Waals surface area contributed by atoms with Gasteiger partial charge in [0.05, 0.1) is 18.5 Å². The molecule has 2 amide bonds. The summed E-state index contributed by atoms with van der Waals surface area (Å²) in [5.74, 6) is 0.119. The first kappa shape index (κ1) is 23.5. The molecule has 174 valence electrons. The molecule has 4 rings (SSSR count). The van der Waals surface area contributed by atoms with Crippen molar-refractivity contribution in [1.82, 2.24) is 4.90 Å². The van der Waals surface area contributed by atoms with Crippen molar-refractivity contribution < 1.29 is 18.8 Å². The number of nitrogens with one attached hydrogen (secondary N) is 1. The molecular weight excluding hydrogens is 450 g/mol. The number of amidine groups is 1. The maximum absolute atomic E-state index is 13.2. The molecule has 0 aliphatic carbocycles. The summed E-state index contributed by atoms with van der Waals surface area (Å²) < 4.78 is 5.44. The van der Waals surface area contributed by atoms with Crippen molar-refractivity contribution in [2.24, 2.45) is 4.99 Å². The summed E-state index contributed by atoms with van der Waals surface area (Å²) in [7, 11) is 0. The minimum Gasteiger partial charge on any atom is -0.467 e. The molecular formula is C26H25N3O4S. The Balaban J connectivity index is 1.51. The van der Waals surface area contributed by atoms with Crippen LogP contribution in [0.15, 0.2) is 70.3 Å². The molecule has 34 heavy (non-hydrogen) atoms. The number of nitrogens with zero attached hydrogens (tertiary/aromatic N) is 2. The second kappa shape index (κ2) is 10.1. The number of hydrogen-bond donors (Lipinski definition) is 1. The lowest BCUT2D eigenvalue weighted by molar-refractivity contribution is -0.128. The number of thioether (sulfide) groups is 1. The number of anilines is 1. The molecule has 0 bridgehead atoms. The molecule has 1 N–H and O–H groups in total. The number of ketones is 1. The predicted octanol–water partition coefficient (Wildman–Crippen LogP) is 5.26. The Morgan fingerprint density at radius 3 is 2.50 bits per heavy atom. The topological polar surface area (TPSA) is 92.0 Å². The number of aryl methyl sites for hydroxylation is 2. The van der Waals surface area contributed by atoms with E-state index in [9.17, 15) is 14.4 Å². The number of hydrogen-bond acceptors (Lipinski definition) is 6. The number of benzene rings is 2. The smallest absolute Gasteiger partial charge is 0.243 e. The van der Waals surface area contributed by atoms with Crippen LogP contribution in [0.4, 0.5) is 11.4 Å². The van der Waals surface area contributed by atoms with Gasteiger partial charge >= 0.3 is 0 Å². The van der Waals surface area contributed by atoms with Gasteiger partial charge in [0, 0.05) is 17.7 Å². The van der Waals surface area contributed by atoms with Crippen LogP contribution in [0.25, 0.3) is 0 Å². The van der Waals surface area contributed by atoms with Gasteiger partial charge in [-0.25, -0.2) is 4.99 Å². The van der Waals surface area contributed by atoms with Gasteiger partial charge < -0.3 is 9.73 Å². The van der Waals surface area contributed by atoms with Crippen LogP contribution in [0.5, 0.6) is 0 Å². The third kappa shape index (κ3) is 5.46. The highest BCUT2D eigenvalue weighted by Gasteiger charge is 2.39. The van der Waals surface area contributed by atoms with Gasteiger partial charge in [-0.15, -0.1) is 0 Å². The summed E-state index contributed by atoms with van der Waals surface area (Å²) >= 11 is 1.28. The van der Waals surface area contributed by atoms with Gasteiger partial charge in [0.15, 0.2) is 11.0 Å². The van der Waals surface area contributed by atoms with E-state index in [1.807, 2.05) is 32.0 Å². The number of amides is 2. The van der Waals surface area contributed by atoms with Crippen molar-refractivity contribution in [2.75, 3.05) is 5.32 Å². The molecule has 0 saturated carbocycles. The lowest BCUT2D eigenvalue weighted by atomic mass is 10.1. The molecule has 1 aliphatic rings. The van der Waals surface area contributed by atoms with Gasteiger partial charge in [-0.2, -0.15) is 0 Å². The van der Waals surface area contributed by atoms with E-state index in [2.05, 4.69) is 5.32 Å². The number of furan rings is 1. The molecule has 8 heteroatoms. The zero-order valence-corrected chi connectivity index (χ0v) is 20.0. The lowest BCUT2D eigenvalue weighted by Gasteiger charge is -2.15. The molecule has 1 atom stereocenters. The zero-order valence-electron chi connectivity index (χ0n) is 19.2. The van der Waals surface area contributed by atoms with Crippen molar-refractivity contribution >= 4 is 45.9 Å². The molecule has 2 aromatic carbocycles. The average molecular weight is 476 g/mol. The molecule has 1 aromatic heterocycles. The summed E-state index contributed by atoms with van der Waals surface area (Å²) in [5, 5.41) is 2.74. The van der Waals surface area contributed by atoms with Crippen molar-refractivity contribution in [2.45, 2.75) is 39.0 Å². The molecule has 0 spiro atoms. The molecule has 3 aromatic rings. The van der Waals surface area contributed by atoms with E-state index in [0.29, 0.717) is 22.2 Å². The predicted molar refractivity (Wildman–Crippen MR) is 133 cm³/mol. The van der Waals surface area contributed by atoms with Crippen LogP contribution in [0.3, 0.4) is 0 Å². The first-order valence-corrected chi connectivity index (χ1v) is 11.8. The molecule has 1 aliphatic heterocycles. The van der Waals surface area contributed by atoms with Crippen molar-refractivity contribution in [3.63, 3.8) is 0 Å². The monoisotopic (exact) mass is 475 g/mol. The van der Waals surface area contributed by atoms with E-state index < -0.39 is 5.25 Å². The van der Waals surface area contributed by atoms with E-state index >= 15 is 0 Å². The molecule has 1 unspecified atom stereocenters. The van der Waals surface area contributed by atoms with Crippen LogP contribution >= 0.6 is 11.8 Å². The number of Topliss-reactive ketones (excluding diaryl/α,β-unsaturated/α-hetero) is 1. The third-order valence-electron chi connectivity index (χ3n) is 5.58. The molecule has 1 saturated heterocycles. The van der Waals surface area contributed by atoms with E-state index in [-0.39, 0.29) is 30.6 Å². The molecule has 0 radical (unpaired) electrons. The Bertz CT molecular complexity index is 1250. The van der Waals surface area contributed by atoms with Crippen molar-refractivity contribution in [3.8, 4) is 0 Å². The summed E-state index contributed by atoms with van der Waals surface area (Å²) in [4.78, 5) is 43.6. The highest BCUT2D eigenvalue weighted by molar-refractivity contribution is 8.15. The Labute approximate surface area is 202 Å². The van der Waals surface area contributed by atoms with Crippen molar-refractivity contribution in [1.29, 1.82) is 0 Å². The van der Waals surface area contributed by atoms with Crippen LogP contribution in [0.2, 0.25) is 0 Å². The average Bonchev–Trinajstić information content (AvgIpc) is 3.41. The van der Waals surface area contributed by atoms with Gasteiger partial charge in [0.2, 0.25) is 11.8 Å². The van der Waals surface area contributed by atoms with Crippen LogP contribution in [-0.2, 0) is 16.1 Å². The van der Waals surface area contributed by atoms with Gasteiger partial charge in [0.25, 0.3) is 0 Å². The number of carbonyl (C=O) groups is 3. The summed E-state index contributed by atoms with van der Waals surface area (Å²) in [5.41, 5.74) is 4.17. The highest BCUT2D eigenvalue weighted by atomic mass is 32.2. The number of aliphatic imine (C=N–C) groups is 1. The molecule has 7 nitrogen and oxygen atoms in total. The minimum atomic E-state index is -0.600. The summed E-state index contributed by atoms with van der Waals surface area (Å²) in [6.45, 7) is 5.78. The van der Waals surface area contributed by atoms with Gasteiger partial charge in [0.1, 0.15) is 11.0 Å². The Kier molecular flexibility index (Phi) is 6.98. The summed E-state index contributed by atoms with van der Waals surface area (Å²) in [6.07, 6.45) is 1.56. The van der Waals surface area contributed by atoms with Crippen LogP contribution in [0.1, 0.15) is 40.6 Å². The first-order valence-electron chi connectivity index (χ1n) is 10.9. The standard InChI is InChI=1S/C26H25N3O4S/c1-16-6-9-21(13-17(16)2)28-26-29(15-22-5-4-12-33-22)25(32)23(34-26)14-24(31)27-20-10-7-19(8-11-20)18(3)30/h4-13,23H,14-15H2,1-3H3,(H,27,31). The number of rotatable bonds is 7. The Morgan fingerprint density at radius 1 is 1.09 bits per heavy atom. The Morgan fingerprint density at radius 2 is 1.85 bits per heavy atom. The van der Waals surface area contributed by atoms with E-state index in [1.165, 1.54) is 18.7 Å². The van der Waals surface area contributed by atoms with Gasteiger partial charge in [-0.05, 0) is 80.4 Å². The fourth-order valence-corrected chi connectivity index (χ4v) is 4.66. The van der Waals surface area contributed by atoms with Gasteiger partial charge in [-0.3, -0.25) is 19.3 Å². The Hall–Kier alpha value is -3.65. The SMILES string of the molecule is CC(=O)c1ccc(NC(=O)CC2SC(=Nc3ccc(C)c(C)c3)N(Cc3ccco3)C2=O)cc1. The lowest BCUT2D eigenvalue weighted by Crippen LogP contribution is -2.33. The molecule has 2 heterocycles. The summed E-state index contributed by atoms with van der Waals surface area (Å²) in [6, 6.07) is 16.1. The van der Waals surface area contributed by atoms with Crippen LogP contribution in [-0.4, -0.2) is 32.9 Å². The maximum atomic E-state index is 13.2. The highest BCUT2D eigenvalue weighted by Crippen LogP contribution is 2.33. The maximum Gasteiger partial charge on any atom is 0.243 e. The first-order chi connectivity index (χ1) is 16.3. The second-order valence-electron chi connectivity index (χ2n) is 8.16. The van der Waals surface area contributed by atoms with Crippen LogP contribution in [0, 0.1) is 13.8 Å². The zero-order chi connectivity index (χ0) is 24.2. The quantitative estimate of drug-likeness (QED) is 0.471. The van der Waals surface area contributed by atoms with E-state index in [0.717, 1.165) is 16.8 Å².